The van der Waals surface area contributed by atoms with Gasteiger partial charge in [-0.15, -0.1) is 0 Å². The molecular weight excluding hydrogens is 250 g/mol. The Bertz CT molecular complexity index is 454. The van der Waals surface area contributed by atoms with Crippen molar-refractivity contribution in [3.8, 4) is 0 Å². The van der Waals surface area contributed by atoms with Crippen molar-refractivity contribution in [1.29, 1.82) is 0 Å². The Balaban J connectivity index is 2.92. The van der Waals surface area contributed by atoms with E-state index in [1.165, 1.54) is 0 Å². The molecule has 102 valence electrons. The third-order valence-electron chi connectivity index (χ3n) is 2.88. The van der Waals surface area contributed by atoms with Crippen molar-refractivity contribution >= 4 is 9.84 Å². The van der Waals surface area contributed by atoms with E-state index in [9.17, 15) is 8.42 Å². The van der Waals surface area contributed by atoms with Crippen LogP contribution in [0.3, 0.4) is 0 Å². The third kappa shape index (κ3) is 3.80. The summed E-state index contributed by atoms with van der Waals surface area (Å²) in [6.45, 7) is 1.95. The molecule has 0 saturated heterocycles. The van der Waals surface area contributed by atoms with Gasteiger partial charge in [0.05, 0.1) is 10.6 Å². The number of nitrogens with one attached hydrogen (secondary N) is 1. The lowest BCUT2D eigenvalue weighted by atomic mass is 10.0. The molecule has 1 rings (SSSR count). The Labute approximate surface area is 109 Å². The van der Waals surface area contributed by atoms with Crippen molar-refractivity contribution < 1.29 is 13.5 Å². The van der Waals surface area contributed by atoms with Crippen LogP contribution in [0.5, 0.6) is 0 Å². The normalized spacial score (nSPS) is 13.5. The van der Waals surface area contributed by atoms with Gasteiger partial charge in [0.1, 0.15) is 0 Å². The fourth-order valence-electron chi connectivity index (χ4n) is 1.90. The maximum atomic E-state index is 11.9. The summed E-state index contributed by atoms with van der Waals surface area (Å²) < 4.78 is 23.7. The van der Waals surface area contributed by atoms with E-state index < -0.39 is 9.84 Å². The highest BCUT2D eigenvalue weighted by Gasteiger charge is 2.14. The number of aliphatic hydroxyl groups is 1. The maximum absolute atomic E-state index is 11.9. The van der Waals surface area contributed by atoms with E-state index in [0.29, 0.717) is 17.7 Å². The summed E-state index contributed by atoms with van der Waals surface area (Å²) in [5, 5.41) is 12.0. The highest BCUT2D eigenvalue weighted by atomic mass is 32.2. The largest absolute Gasteiger partial charge is 0.396 e. The topological polar surface area (TPSA) is 66.4 Å². The van der Waals surface area contributed by atoms with Gasteiger partial charge < -0.3 is 10.4 Å². The summed E-state index contributed by atoms with van der Waals surface area (Å²) in [6.07, 6.45) is 1.23. The van der Waals surface area contributed by atoms with Crippen molar-refractivity contribution in [2.75, 3.05) is 19.4 Å². The van der Waals surface area contributed by atoms with Gasteiger partial charge in [-0.1, -0.05) is 19.1 Å². The molecule has 0 aromatic heterocycles. The van der Waals surface area contributed by atoms with Crippen LogP contribution in [0.25, 0.3) is 0 Å². The lowest BCUT2D eigenvalue weighted by Crippen LogP contribution is -2.17. The molecule has 0 aliphatic heterocycles. The predicted molar refractivity (Wildman–Crippen MR) is 72.3 cm³/mol. The highest BCUT2D eigenvalue weighted by Crippen LogP contribution is 2.19. The van der Waals surface area contributed by atoms with Crippen LogP contribution in [0, 0.1) is 0 Å². The fraction of sp³-hybridized carbons (Fsp3) is 0.538. The average Bonchev–Trinajstić information content (AvgIpc) is 2.36. The van der Waals surface area contributed by atoms with Gasteiger partial charge in [-0.3, -0.25) is 0 Å². The number of hydrogen-bond acceptors (Lipinski definition) is 4. The average molecular weight is 271 g/mol. The van der Waals surface area contributed by atoms with Crippen molar-refractivity contribution in [3.63, 3.8) is 0 Å². The van der Waals surface area contributed by atoms with Crippen molar-refractivity contribution in [2.45, 2.75) is 30.7 Å². The van der Waals surface area contributed by atoms with Gasteiger partial charge in [-0.05, 0) is 37.6 Å². The van der Waals surface area contributed by atoms with Crippen LogP contribution >= 0.6 is 0 Å². The Morgan fingerprint density at radius 1 is 1.28 bits per heavy atom. The van der Waals surface area contributed by atoms with Crippen LogP contribution < -0.4 is 5.32 Å². The molecule has 0 bridgehead atoms. The SMILES string of the molecule is CCCS(=O)(=O)c1ccc(C(CCO)NC)cc1. The Morgan fingerprint density at radius 2 is 1.89 bits per heavy atom. The summed E-state index contributed by atoms with van der Waals surface area (Å²) in [4.78, 5) is 0.368. The van der Waals surface area contributed by atoms with Crippen LogP contribution in [0.4, 0.5) is 0 Å². The van der Waals surface area contributed by atoms with E-state index in [-0.39, 0.29) is 18.4 Å². The van der Waals surface area contributed by atoms with Crippen LogP contribution in [0.15, 0.2) is 29.2 Å². The summed E-state index contributed by atoms with van der Waals surface area (Å²) in [7, 11) is -1.32. The Kier molecular flexibility index (Phi) is 5.78. The molecule has 5 heteroatoms. The Morgan fingerprint density at radius 3 is 2.33 bits per heavy atom. The van der Waals surface area contributed by atoms with E-state index in [1.807, 2.05) is 14.0 Å². The zero-order chi connectivity index (χ0) is 13.6. The third-order valence-corrected chi connectivity index (χ3v) is 4.82. The summed E-state index contributed by atoms with van der Waals surface area (Å²) in [6, 6.07) is 6.95. The number of hydrogen-bond donors (Lipinski definition) is 2. The van der Waals surface area contributed by atoms with Gasteiger partial charge in [0.25, 0.3) is 0 Å². The molecule has 1 atom stereocenters. The molecule has 2 N–H and O–H groups in total. The first-order valence-corrected chi connectivity index (χ1v) is 7.81. The van der Waals surface area contributed by atoms with Crippen LogP contribution in [0.1, 0.15) is 31.4 Å². The molecule has 1 aromatic carbocycles. The van der Waals surface area contributed by atoms with Gasteiger partial charge in [-0.25, -0.2) is 8.42 Å². The molecule has 0 spiro atoms. The molecule has 0 saturated carbocycles. The summed E-state index contributed by atoms with van der Waals surface area (Å²) >= 11 is 0. The number of rotatable bonds is 7. The predicted octanol–water partition coefficient (Wildman–Crippen LogP) is 1.51. The number of sulfone groups is 1. The van der Waals surface area contributed by atoms with Gasteiger partial charge >= 0.3 is 0 Å². The summed E-state index contributed by atoms with van der Waals surface area (Å²) in [5.41, 5.74) is 0.988. The van der Waals surface area contributed by atoms with Gasteiger partial charge in [0.2, 0.25) is 0 Å². The second-order valence-corrected chi connectivity index (χ2v) is 6.35. The van der Waals surface area contributed by atoms with Crippen LogP contribution in [-0.4, -0.2) is 32.9 Å². The maximum Gasteiger partial charge on any atom is 0.178 e. The van der Waals surface area contributed by atoms with Gasteiger partial charge in [0, 0.05) is 12.6 Å². The first-order valence-electron chi connectivity index (χ1n) is 6.16. The summed E-state index contributed by atoms with van der Waals surface area (Å²) in [5.74, 6) is 0.179. The minimum absolute atomic E-state index is 0.0536. The fourth-order valence-corrected chi connectivity index (χ4v) is 3.22. The minimum Gasteiger partial charge on any atom is -0.396 e. The minimum atomic E-state index is -3.14. The number of benzene rings is 1. The zero-order valence-electron chi connectivity index (χ0n) is 10.9. The molecular formula is C13H21NO3S. The van der Waals surface area contributed by atoms with Gasteiger partial charge in [0.15, 0.2) is 9.84 Å². The first-order chi connectivity index (χ1) is 8.55. The van der Waals surface area contributed by atoms with E-state index >= 15 is 0 Å². The lowest BCUT2D eigenvalue weighted by molar-refractivity contribution is 0.269. The molecule has 4 nitrogen and oxygen atoms in total. The monoisotopic (exact) mass is 271 g/mol. The van der Waals surface area contributed by atoms with Gasteiger partial charge in [-0.2, -0.15) is 0 Å². The highest BCUT2D eigenvalue weighted by molar-refractivity contribution is 7.91. The molecule has 0 fully saturated rings. The lowest BCUT2D eigenvalue weighted by Gasteiger charge is -2.15. The first kappa shape index (κ1) is 15.1. The van der Waals surface area contributed by atoms with Crippen LogP contribution in [0.2, 0.25) is 0 Å². The number of aliphatic hydroxyl groups excluding tert-OH is 1. The molecule has 0 heterocycles. The van der Waals surface area contributed by atoms with E-state index in [4.69, 9.17) is 5.11 Å². The molecule has 0 radical (unpaired) electrons. The molecule has 0 amide bonds. The molecule has 0 aliphatic rings. The van der Waals surface area contributed by atoms with Crippen molar-refractivity contribution in [1.82, 2.24) is 5.32 Å². The second kappa shape index (κ2) is 6.87. The quantitative estimate of drug-likeness (QED) is 0.789. The van der Waals surface area contributed by atoms with Crippen molar-refractivity contribution in [2.24, 2.45) is 0 Å². The smallest absolute Gasteiger partial charge is 0.178 e. The molecule has 18 heavy (non-hydrogen) atoms. The van der Waals surface area contributed by atoms with E-state index in [1.54, 1.807) is 24.3 Å². The molecule has 1 aromatic rings. The second-order valence-electron chi connectivity index (χ2n) is 4.24. The standard InChI is InChI=1S/C13H21NO3S/c1-3-10-18(16,17)12-6-4-11(5-7-12)13(14-2)8-9-15/h4-7,13-15H,3,8-10H2,1-2H3. The zero-order valence-corrected chi connectivity index (χ0v) is 11.7. The van der Waals surface area contributed by atoms with Crippen molar-refractivity contribution in [3.05, 3.63) is 29.8 Å². The van der Waals surface area contributed by atoms with Crippen LogP contribution in [-0.2, 0) is 9.84 Å². The Hall–Kier alpha value is -0.910. The van der Waals surface area contributed by atoms with E-state index in [0.717, 1.165) is 5.56 Å². The van der Waals surface area contributed by atoms with E-state index in [2.05, 4.69) is 5.32 Å². The molecule has 1 unspecified atom stereocenters. The molecule has 0 aliphatic carbocycles.